The van der Waals surface area contributed by atoms with Crippen LogP contribution in [0.15, 0.2) is 0 Å². The summed E-state index contributed by atoms with van der Waals surface area (Å²) in [5, 5.41) is 3.18. The quantitative estimate of drug-likeness (QED) is 0.595. The van der Waals surface area contributed by atoms with Crippen molar-refractivity contribution < 1.29 is 13.2 Å². The average molecular weight is 293 g/mol. The van der Waals surface area contributed by atoms with Crippen molar-refractivity contribution in [2.24, 2.45) is 5.92 Å². The summed E-state index contributed by atoms with van der Waals surface area (Å²) in [6.07, 6.45) is 2.87. The molecule has 1 unspecified atom stereocenters. The van der Waals surface area contributed by atoms with E-state index in [4.69, 9.17) is 4.74 Å². The van der Waals surface area contributed by atoms with E-state index in [1.54, 1.807) is 7.05 Å². The molecule has 0 bridgehead atoms. The second kappa shape index (κ2) is 8.86. The monoisotopic (exact) mass is 293 g/mol. The van der Waals surface area contributed by atoms with Crippen molar-refractivity contribution in [3.05, 3.63) is 0 Å². The first-order valence-electron chi connectivity index (χ1n) is 7.05. The van der Waals surface area contributed by atoms with Gasteiger partial charge >= 0.3 is 0 Å². The Bertz CT molecular complexity index is 329. The summed E-state index contributed by atoms with van der Waals surface area (Å²) in [7, 11) is -1.73. The van der Waals surface area contributed by atoms with E-state index in [1.165, 1.54) is 4.31 Å². The van der Waals surface area contributed by atoms with Crippen LogP contribution in [0.2, 0.25) is 0 Å². The number of nitrogens with zero attached hydrogens (tertiary/aromatic N) is 1. The first-order chi connectivity index (χ1) is 9.06. The van der Waals surface area contributed by atoms with Crippen LogP contribution in [0, 0.1) is 5.92 Å². The predicted octanol–water partition coefficient (Wildman–Crippen LogP) is 0.179. The molecule has 0 aromatic heterocycles. The van der Waals surface area contributed by atoms with Crippen molar-refractivity contribution in [3.8, 4) is 0 Å². The standard InChI is InChI=1S/C12H27N3O3S/c1-3-13-7-5-8-15(2)19(16,17)14-10-12-6-4-9-18-11-12/h12-14H,3-11H2,1-2H3. The minimum Gasteiger partial charge on any atom is -0.381 e. The Kier molecular flexibility index (Phi) is 7.86. The van der Waals surface area contributed by atoms with Crippen molar-refractivity contribution in [2.75, 3.05) is 46.4 Å². The molecule has 1 heterocycles. The molecule has 0 saturated carbocycles. The Hall–Kier alpha value is -0.210. The van der Waals surface area contributed by atoms with Crippen molar-refractivity contribution in [2.45, 2.75) is 26.2 Å². The summed E-state index contributed by atoms with van der Waals surface area (Å²) in [5.41, 5.74) is 0. The molecule has 0 aromatic carbocycles. The summed E-state index contributed by atoms with van der Waals surface area (Å²) < 4.78 is 33.4. The van der Waals surface area contributed by atoms with E-state index in [0.717, 1.165) is 39.0 Å². The van der Waals surface area contributed by atoms with Gasteiger partial charge < -0.3 is 10.1 Å². The summed E-state index contributed by atoms with van der Waals surface area (Å²) in [4.78, 5) is 0. The van der Waals surface area contributed by atoms with Crippen molar-refractivity contribution in [1.82, 2.24) is 14.3 Å². The fourth-order valence-corrected chi connectivity index (χ4v) is 3.06. The second-order valence-electron chi connectivity index (χ2n) is 4.97. The molecule has 1 fully saturated rings. The zero-order valence-electron chi connectivity index (χ0n) is 12.0. The maximum atomic E-state index is 12.0. The first-order valence-corrected chi connectivity index (χ1v) is 8.49. The highest BCUT2D eigenvalue weighted by atomic mass is 32.2. The van der Waals surface area contributed by atoms with Gasteiger partial charge in [0.25, 0.3) is 10.2 Å². The first kappa shape index (κ1) is 16.8. The molecule has 1 aliphatic heterocycles. The normalized spacial score (nSPS) is 20.9. The van der Waals surface area contributed by atoms with Gasteiger partial charge in [0.15, 0.2) is 0 Å². The van der Waals surface area contributed by atoms with Crippen LogP contribution in [0.25, 0.3) is 0 Å². The Morgan fingerprint density at radius 2 is 2.21 bits per heavy atom. The van der Waals surface area contributed by atoms with E-state index in [2.05, 4.69) is 10.0 Å². The largest absolute Gasteiger partial charge is 0.381 e. The predicted molar refractivity (Wildman–Crippen MR) is 76.3 cm³/mol. The van der Waals surface area contributed by atoms with Crippen LogP contribution in [0.5, 0.6) is 0 Å². The van der Waals surface area contributed by atoms with Crippen LogP contribution in [0.1, 0.15) is 26.2 Å². The molecule has 6 nitrogen and oxygen atoms in total. The molecule has 1 saturated heterocycles. The van der Waals surface area contributed by atoms with E-state index in [0.29, 0.717) is 25.6 Å². The molecule has 0 radical (unpaired) electrons. The fraction of sp³-hybridized carbons (Fsp3) is 1.00. The lowest BCUT2D eigenvalue weighted by molar-refractivity contribution is 0.0566. The minimum absolute atomic E-state index is 0.304. The number of ether oxygens (including phenoxy) is 1. The van der Waals surface area contributed by atoms with E-state index in [-0.39, 0.29) is 0 Å². The molecular weight excluding hydrogens is 266 g/mol. The highest BCUT2D eigenvalue weighted by molar-refractivity contribution is 7.87. The van der Waals surface area contributed by atoms with Gasteiger partial charge in [-0.15, -0.1) is 0 Å². The maximum Gasteiger partial charge on any atom is 0.279 e. The molecule has 2 N–H and O–H groups in total. The Morgan fingerprint density at radius 1 is 1.42 bits per heavy atom. The summed E-state index contributed by atoms with van der Waals surface area (Å²) >= 11 is 0. The molecule has 0 spiro atoms. The molecule has 19 heavy (non-hydrogen) atoms. The van der Waals surface area contributed by atoms with Crippen LogP contribution < -0.4 is 10.0 Å². The Labute approximate surface area is 117 Å². The zero-order chi connectivity index (χ0) is 14.1. The summed E-state index contributed by atoms with van der Waals surface area (Å²) in [6, 6.07) is 0. The van der Waals surface area contributed by atoms with Gasteiger partial charge in [-0.2, -0.15) is 12.7 Å². The third-order valence-corrected chi connectivity index (χ3v) is 4.83. The third-order valence-electron chi connectivity index (χ3n) is 3.30. The minimum atomic E-state index is -3.35. The number of hydrogen-bond acceptors (Lipinski definition) is 4. The van der Waals surface area contributed by atoms with Gasteiger partial charge in [-0.1, -0.05) is 6.92 Å². The molecule has 0 amide bonds. The van der Waals surface area contributed by atoms with E-state index in [1.807, 2.05) is 6.92 Å². The molecule has 0 aliphatic carbocycles. The van der Waals surface area contributed by atoms with Crippen molar-refractivity contribution in [1.29, 1.82) is 0 Å². The Balaban J connectivity index is 2.24. The van der Waals surface area contributed by atoms with E-state index in [9.17, 15) is 8.42 Å². The van der Waals surface area contributed by atoms with Gasteiger partial charge in [-0.3, -0.25) is 0 Å². The average Bonchev–Trinajstić information content (AvgIpc) is 2.42. The van der Waals surface area contributed by atoms with Crippen LogP contribution in [0.3, 0.4) is 0 Å². The molecule has 1 rings (SSSR count). The molecule has 1 aliphatic rings. The van der Waals surface area contributed by atoms with Gasteiger partial charge in [-0.05, 0) is 38.3 Å². The fourth-order valence-electron chi connectivity index (χ4n) is 2.03. The summed E-state index contributed by atoms with van der Waals surface area (Å²) in [5.74, 6) is 0.304. The van der Waals surface area contributed by atoms with Crippen LogP contribution in [0.4, 0.5) is 0 Å². The van der Waals surface area contributed by atoms with Gasteiger partial charge in [0, 0.05) is 26.7 Å². The number of rotatable bonds is 9. The van der Waals surface area contributed by atoms with Crippen LogP contribution in [-0.4, -0.2) is 59.2 Å². The lowest BCUT2D eigenvalue weighted by Gasteiger charge is -2.24. The second-order valence-corrected chi connectivity index (χ2v) is 6.83. The lowest BCUT2D eigenvalue weighted by atomic mass is 10.0. The molecule has 7 heteroatoms. The molecule has 114 valence electrons. The SMILES string of the molecule is CCNCCCN(C)S(=O)(=O)NCC1CCCOC1. The maximum absolute atomic E-state index is 12.0. The topological polar surface area (TPSA) is 70.7 Å². The highest BCUT2D eigenvalue weighted by Crippen LogP contribution is 2.12. The van der Waals surface area contributed by atoms with E-state index < -0.39 is 10.2 Å². The number of nitrogens with one attached hydrogen (secondary N) is 2. The number of hydrogen-bond donors (Lipinski definition) is 2. The molecule has 0 aromatic rings. The van der Waals surface area contributed by atoms with Gasteiger partial charge in [0.1, 0.15) is 0 Å². The van der Waals surface area contributed by atoms with Crippen LogP contribution in [-0.2, 0) is 14.9 Å². The lowest BCUT2D eigenvalue weighted by Crippen LogP contribution is -2.42. The highest BCUT2D eigenvalue weighted by Gasteiger charge is 2.20. The Morgan fingerprint density at radius 3 is 2.84 bits per heavy atom. The van der Waals surface area contributed by atoms with Crippen molar-refractivity contribution in [3.63, 3.8) is 0 Å². The van der Waals surface area contributed by atoms with Gasteiger partial charge in [-0.25, -0.2) is 4.72 Å². The van der Waals surface area contributed by atoms with Gasteiger partial charge in [0.2, 0.25) is 0 Å². The third kappa shape index (κ3) is 6.67. The molecule has 1 atom stereocenters. The summed E-state index contributed by atoms with van der Waals surface area (Å²) in [6.45, 7) is 6.25. The van der Waals surface area contributed by atoms with Crippen LogP contribution >= 0.6 is 0 Å². The van der Waals surface area contributed by atoms with Crippen molar-refractivity contribution >= 4 is 10.2 Å². The zero-order valence-corrected chi connectivity index (χ0v) is 12.8. The molecular formula is C12H27N3O3S. The van der Waals surface area contributed by atoms with E-state index >= 15 is 0 Å². The smallest absolute Gasteiger partial charge is 0.279 e. The van der Waals surface area contributed by atoms with Gasteiger partial charge in [0.05, 0.1) is 6.61 Å².